The van der Waals surface area contributed by atoms with Gasteiger partial charge in [0.05, 0.1) is 5.75 Å². The molecule has 8 nitrogen and oxygen atoms in total. The molecule has 0 fully saturated rings. The molecule has 2 N–H and O–H groups in total. The van der Waals surface area contributed by atoms with Crippen molar-refractivity contribution in [2.75, 3.05) is 12.5 Å². The zero-order valence-corrected chi connectivity index (χ0v) is 15.9. The molecule has 4 rings (SSSR count). The van der Waals surface area contributed by atoms with Gasteiger partial charge in [0.25, 0.3) is 0 Å². The number of hydrogen-bond acceptors (Lipinski definition) is 7. The number of aromatic hydroxyl groups is 1. The van der Waals surface area contributed by atoms with Gasteiger partial charge in [0, 0.05) is 19.2 Å². The van der Waals surface area contributed by atoms with Gasteiger partial charge in [-0.1, -0.05) is 17.8 Å². The molecule has 0 atom stereocenters. The quantitative estimate of drug-likeness (QED) is 0.615. The highest BCUT2D eigenvalue weighted by Crippen LogP contribution is 2.32. The van der Waals surface area contributed by atoms with Crippen LogP contribution in [0.15, 0.2) is 47.6 Å². The van der Waals surface area contributed by atoms with Gasteiger partial charge in [-0.15, -0.1) is 10.2 Å². The normalized spacial score (nSPS) is 12.2. The highest BCUT2D eigenvalue weighted by atomic mass is 32.2. The topological polar surface area (TPSA) is 98.5 Å². The molecule has 1 aliphatic rings. The van der Waals surface area contributed by atoms with Gasteiger partial charge in [-0.2, -0.15) is 0 Å². The molecule has 0 radical (unpaired) electrons. The van der Waals surface area contributed by atoms with Crippen LogP contribution in [0.3, 0.4) is 0 Å². The second kappa shape index (κ2) is 7.81. The monoisotopic (exact) mass is 398 g/mol. The van der Waals surface area contributed by atoms with Gasteiger partial charge in [0.15, 0.2) is 22.5 Å². The van der Waals surface area contributed by atoms with E-state index in [1.165, 1.54) is 11.8 Å². The van der Waals surface area contributed by atoms with Crippen LogP contribution in [0.25, 0.3) is 11.4 Å². The first-order valence-electron chi connectivity index (χ1n) is 8.57. The lowest BCUT2D eigenvalue weighted by atomic mass is 10.2. The third-order valence-electron chi connectivity index (χ3n) is 4.22. The number of carbonyl (C=O) groups excluding carboxylic acids is 1. The molecule has 1 amide bonds. The third kappa shape index (κ3) is 3.89. The van der Waals surface area contributed by atoms with Crippen molar-refractivity contribution in [3.63, 3.8) is 0 Å². The van der Waals surface area contributed by atoms with Gasteiger partial charge in [0.1, 0.15) is 5.75 Å². The maximum absolute atomic E-state index is 12.2. The van der Waals surface area contributed by atoms with Gasteiger partial charge in [-0.3, -0.25) is 4.79 Å². The van der Waals surface area contributed by atoms with Crippen LogP contribution >= 0.6 is 11.8 Å². The van der Waals surface area contributed by atoms with E-state index in [1.807, 2.05) is 29.8 Å². The van der Waals surface area contributed by atoms with E-state index in [0.29, 0.717) is 23.3 Å². The van der Waals surface area contributed by atoms with Gasteiger partial charge < -0.3 is 24.5 Å². The number of ether oxygens (including phenoxy) is 2. The standard InChI is InChI=1S/C19H18N4O4S/c1-23-18(13-3-5-14(24)6-4-13)21-22-19(23)28-10-17(25)20-9-12-2-7-15-16(8-12)27-11-26-15/h2-8,24H,9-11H2,1H3,(H,20,25). The maximum atomic E-state index is 12.2. The van der Waals surface area contributed by atoms with Crippen LogP contribution in [0.5, 0.6) is 17.2 Å². The lowest BCUT2D eigenvalue weighted by molar-refractivity contribution is -0.118. The summed E-state index contributed by atoms with van der Waals surface area (Å²) in [6.07, 6.45) is 0. The summed E-state index contributed by atoms with van der Waals surface area (Å²) < 4.78 is 12.4. The molecule has 0 bridgehead atoms. The fourth-order valence-electron chi connectivity index (χ4n) is 2.74. The molecule has 9 heteroatoms. The fourth-order valence-corrected chi connectivity index (χ4v) is 3.48. The van der Waals surface area contributed by atoms with E-state index in [0.717, 1.165) is 16.9 Å². The number of fused-ring (bicyclic) bond motifs is 1. The summed E-state index contributed by atoms with van der Waals surface area (Å²) in [5.74, 6) is 2.41. The molecular weight excluding hydrogens is 380 g/mol. The number of phenolic OH excluding ortho intramolecular Hbond substituents is 1. The van der Waals surface area contributed by atoms with E-state index in [2.05, 4.69) is 15.5 Å². The minimum Gasteiger partial charge on any atom is -0.508 e. The average molecular weight is 398 g/mol. The largest absolute Gasteiger partial charge is 0.508 e. The van der Waals surface area contributed by atoms with E-state index >= 15 is 0 Å². The molecule has 0 unspecified atom stereocenters. The highest BCUT2D eigenvalue weighted by molar-refractivity contribution is 7.99. The Morgan fingerprint density at radius 3 is 2.79 bits per heavy atom. The van der Waals surface area contributed by atoms with Crippen molar-refractivity contribution in [2.24, 2.45) is 7.05 Å². The number of nitrogens with one attached hydrogen (secondary N) is 1. The predicted octanol–water partition coefficient (Wildman–Crippen LogP) is 2.32. The van der Waals surface area contributed by atoms with Crippen LogP contribution in [0.4, 0.5) is 0 Å². The van der Waals surface area contributed by atoms with Crippen molar-refractivity contribution in [3.8, 4) is 28.6 Å². The van der Waals surface area contributed by atoms with E-state index in [9.17, 15) is 9.90 Å². The molecule has 0 spiro atoms. The first kappa shape index (κ1) is 18.2. The smallest absolute Gasteiger partial charge is 0.231 e. The number of rotatable bonds is 6. The molecule has 3 aromatic rings. The molecule has 2 aromatic carbocycles. The Balaban J connectivity index is 1.32. The van der Waals surface area contributed by atoms with Crippen LogP contribution < -0.4 is 14.8 Å². The van der Waals surface area contributed by atoms with Crippen LogP contribution in [0, 0.1) is 0 Å². The van der Waals surface area contributed by atoms with Crippen molar-refractivity contribution in [3.05, 3.63) is 48.0 Å². The molecule has 28 heavy (non-hydrogen) atoms. The van der Waals surface area contributed by atoms with E-state index in [1.54, 1.807) is 24.3 Å². The van der Waals surface area contributed by atoms with Gasteiger partial charge in [0.2, 0.25) is 12.7 Å². The average Bonchev–Trinajstić information content (AvgIpc) is 3.31. The van der Waals surface area contributed by atoms with Crippen LogP contribution in [0.2, 0.25) is 0 Å². The van der Waals surface area contributed by atoms with Crippen molar-refractivity contribution in [1.82, 2.24) is 20.1 Å². The van der Waals surface area contributed by atoms with Crippen LogP contribution in [0.1, 0.15) is 5.56 Å². The number of hydrogen-bond donors (Lipinski definition) is 2. The minimum absolute atomic E-state index is 0.100. The number of nitrogens with zero attached hydrogens (tertiary/aromatic N) is 3. The van der Waals surface area contributed by atoms with Crippen molar-refractivity contribution < 1.29 is 19.4 Å². The van der Waals surface area contributed by atoms with Crippen molar-refractivity contribution in [2.45, 2.75) is 11.7 Å². The van der Waals surface area contributed by atoms with Crippen molar-refractivity contribution in [1.29, 1.82) is 0 Å². The minimum atomic E-state index is -0.100. The molecule has 0 aliphatic carbocycles. The SMILES string of the molecule is Cn1c(SCC(=O)NCc2ccc3c(c2)OCO3)nnc1-c1ccc(O)cc1. The number of benzene rings is 2. The second-order valence-corrected chi connectivity index (χ2v) is 7.11. The summed E-state index contributed by atoms with van der Waals surface area (Å²) in [7, 11) is 1.84. The Morgan fingerprint density at radius 2 is 1.96 bits per heavy atom. The molecular formula is C19H18N4O4S. The number of phenols is 1. The number of carbonyl (C=O) groups is 1. The molecule has 0 saturated carbocycles. The number of aromatic nitrogens is 3. The van der Waals surface area contributed by atoms with Gasteiger partial charge >= 0.3 is 0 Å². The van der Waals surface area contributed by atoms with Crippen molar-refractivity contribution >= 4 is 17.7 Å². The molecule has 1 aliphatic heterocycles. The Hall–Kier alpha value is -3.20. The highest BCUT2D eigenvalue weighted by Gasteiger charge is 2.15. The first-order chi connectivity index (χ1) is 13.6. The summed E-state index contributed by atoms with van der Waals surface area (Å²) in [4.78, 5) is 12.2. The molecule has 1 aromatic heterocycles. The zero-order valence-electron chi connectivity index (χ0n) is 15.1. The summed E-state index contributed by atoms with van der Waals surface area (Å²) in [6, 6.07) is 12.3. The van der Waals surface area contributed by atoms with Crippen LogP contribution in [-0.4, -0.2) is 38.3 Å². The Labute approximate surface area is 165 Å². The number of thioether (sulfide) groups is 1. The van der Waals surface area contributed by atoms with E-state index in [4.69, 9.17) is 9.47 Å². The zero-order chi connectivity index (χ0) is 19.5. The molecule has 2 heterocycles. The van der Waals surface area contributed by atoms with Gasteiger partial charge in [-0.25, -0.2) is 0 Å². The van der Waals surface area contributed by atoms with E-state index < -0.39 is 0 Å². The predicted molar refractivity (Wildman–Crippen MR) is 103 cm³/mol. The van der Waals surface area contributed by atoms with E-state index in [-0.39, 0.29) is 24.2 Å². The summed E-state index contributed by atoms with van der Waals surface area (Å²) in [5, 5.41) is 21.2. The second-order valence-electron chi connectivity index (χ2n) is 6.17. The summed E-state index contributed by atoms with van der Waals surface area (Å²) in [6.45, 7) is 0.638. The first-order valence-corrected chi connectivity index (χ1v) is 9.55. The Kier molecular flexibility index (Phi) is 5.07. The Morgan fingerprint density at radius 1 is 1.18 bits per heavy atom. The fraction of sp³-hybridized carbons (Fsp3) is 0.211. The third-order valence-corrected chi connectivity index (χ3v) is 5.24. The lowest BCUT2D eigenvalue weighted by Gasteiger charge is -2.07. The van der Waals surface area contributed by atoms with Crippen LogP contribution in [-0.2, 0) is 18.4 Å². The maximum Gasteiger partial charge on any atom is 0.231 e. The summed E-state index contributed by atoms with van der Waals surface area (Å²) >= 11 is 1.31. The summed E-state index contributed by atoms with van der Waals surface area (Å²) in [5.41, 5.74) is 1.78. The molecule has 0 saturated heterocycles. The lowest BCUT2D eigenvalue weighted by Crippen LogP contribution is -2.24. The number of amides is 1. The molecule has 144 valence electrons. The Bertz CT molecular complexity index is 1000. The van der Waals surface area contributed by atoms with Gasteiger partial charge in [-0.05, 0) is 42.0 Å².